The summed E-state index contributed by atoms with van der Waals surface area (Å²) in [5, 5.41) is 7.49. The summed E-state index contributed by atoms with van der Waals surface area (Å²) in [5.74, 6) is -0.378. The van der Waals surface area contributed by atoms with Crippen LogP contribution in [0.15, 0.2) is 23.3 Å². The topological polar surface area (TPSA) is 125 Å². The Bertz CT molecular complexity index is 1260. The lowest BCUT2D eigenvalue weighted by Crippen LogP contribution is -2.39. The lowest BCUT2D eigenvalue weighted by molar-refractivity contribution is 0.0270. The van der Waals surface area contributed by atoms with Crippen molar-refractivity contribution < 1.29 is 23.9 Å². The number of hydrogen-bond donors (Lipinski definition) is 3. The van der Waals surface area contributed by atoms with Gasteiger partial charge in [-0.25, -0.2) is 15.0 Å². The lowest BCUT2D eigenvalue weighted by atomic mass is 9.98. The van der Waals surface area contributed by atoms with Gasteiger partial charge in [0.1, 0.15) is 11.2 Å². The zero-order valence-electron chi connectivity index (χ0n) is 20.9. The highest BCUT2D eigenvalue weighted by Gasteiger charge is 2.27. The second-order valence-electron chi connectivity index (χ2n) is 10.6. The number of H-pyrrole nitrogens is 1. The molecule has 3 amide bonds. The summed E-state index contributed by atoms with van der Waals surface area (Å²) in [6.07, 6.45) is 3.23. The molecule has 186 valence electrons. The molecule has 2 aromatic rings. The molecular formula is C25H31N5O5. The summed E-state index contributed by atoms with van der Waals surface area (Å²) in [6, 6.07) is 3.37. The normalized spacial score (nSPS) is 15.9. The van der Waals surface area contributed by atoms with Crippen LogP contribution < -0.4 is 10.7 Å². The summed E-state index contributed by atoms with van der Waals surface area (Å²) in [4.78, 5) is 42.5. The van der Waals surface area contributed by atoms with E-state index in [0.29, 0.717) is 41.7 Å². The first-order valence-corrected chi connectivity index (χ1v) is 11.5. The average molecular weight is 482 g/mol. The van der Waals surface area contributed by atoms with Gasteiger partial charge in [-0.05, 0) is 65.7 Å². The second-order valence-corrected chi connectivity index (χ2v) is 10.6. The van der Waals surface area contributed by atoms with Crippen molar-refractivity contribution in [3.05, 3.63) is 35.0 Å². The highest BCUT2D eigenvalue weighted by molar-refractivity contribution is 6.17. The van der Waals surface area contributed by atoms with E-state index in [0.717, 1.165) is 16.8 Å². The molecule has 2 aliphatic heterocycles. The van der Waals surface area contributed by atoms with Crippen LogP contribution in [0.3, 0.4) is 0 Å². The monoisotopic (exact) mass is 481 g/mol. The van der Waals surface area contributed by atoms with Crippen molar-refractivity contribution in [3.63, 3.8) is 0 Å². The predicted octanol–water partition coefficient (Wildman–Crippen LogP) is 4.62. The number of rotatable bonds is 2. The third-order valence-corrected chi connectivity index (χ3v) is 5.37. The Kier molecular flexibility index (Phi) is 6.08. The number of carbonyl (C=O) groups excluding carboxylic acids is 3. The molecule has 0 bridgehead atoms. The molecule has 0 radical (unpaired) electrons. The van der Waals surface area contributed by atoms with E-state index >= 15 is 0 Å². The SMILES string of the molecule is CC(C)(C)OC(=O)Nc1cc2c3c(c(C4=CCN(C(=O)OC(C)(C)C)CC4)[nH]c3c1)C=NNC2=O. The molecule has 0 aliphatic carbocycles. The number of hydrogen-bond acceptors (Lipinski definition) is 6. The van der Waals surface area contributed by atoms with Gasteiger partial charge >= 0.3 is 12.2 Å². The van der Waals surface area contributed by atoms with Gasteiger partial charge in [0.25, 0.3) is 5.91 Å². The largest absolute Gasteiger partial charge is 0.444 e. The van der Waals surface area contributed by atoms with Gasteiger partial charge in [-0.2, -0.15) is 5.10 Å². The number of benzene rings is 1. The van der Waals surface area contributed by atoms with Crippen LogP contribution in [0.4, 0.5) is 15.3 Å². The molecule has 0 unspecified atom stereocenters. The van der Waals surface area contributed by atoms with E-state index in [1.54, 1.807) is 44.0 Å². The Balaban J connectivity index is 1.67. The van der Waals surface area contributed by atoms with Crippen LogP contribution in [-0.4, -0.2) is 58.5 Å². The van der Waals surface area contributed by atoms with E-state index in [4.69, 9.17) is 9.47 Å². The molecule has 3 heterocycles. The van der Waals surface area contributed by atoms with Gasteiger partial charge < -0.3 is 19.4 Å². The number of aromatic nitrogens is 1. The Labute approximate surface area is 203 Å². The molecule has 0 fully saturated rings. The Morgan fingerprint density at radius 1 is 1.09 bits per heavy atom. The molecule has 3 N–H and O–H groups in total. The van der Waals surface area contributed by atoms with Crippen LogP contribution in [-0.2, 0) is 9.47 Å². The molecular weight excluding hydrogens is 450 g/mol. The Hall–Kier alpha value is -3.82. The highest BCUT2D eigenvalue weighted by atomic mass is 16.6. The summed E-state index contributed by atoms with van der Waals surface area (Å²) in [7, 11) is 0. The van der Waals surface area contributed by atoms with E-state index in [1.165, 1.54) is 0 Å². The molecule has 0 spiro atoms. The minimum atomic E-state index is -0.654. The third-order valence-electron chi connectivity index (χ3n) is 5.37. The lowest BCUT2D eigenvalue weighted by Gasteiger charge is -2.29. The average Bonchev–Trinajstić information content (AvgIpc) is 3.00. The fraction of sp³-hybridized carbons (Fsp3) is 0.440. The fourth-order valence-electron chi connectivity index (χ4n) is 4.02. The van der Waals surface area contributed by atoms with Crippen LogP contribution in [0, 0.1) is 0 Å². The van der Waals surface area contributed by atoms with E-state index in [2.05, 4.69) is 20.8 Å². The standard InChI is InChI=1S/C25H31N5O5/c1-24(2,3)34-22(32)27-15-11-16-19-17(13-26-29-21(16)31)20(28-18(19)12-15)14-7-9-30(10-8-14)23(33)35-25(4,5)6/h7,11-13,28H,8-10H2,1-6H3,(H,27,32)(H,29,31). The molecule has 4 rings (SSSR count). The first kappa shape index (κ1) is 24.3. The summed E-state index contributed by atoms with van der Waals surface area (Å²) in [5.41, 5.74) is 5.38. The summed E-state index contributed by atoms with van der Waals surface area (Å²) < 4.78 is 10.8. The van der Waals surface area contributed by atoms with Gasteiger partial charge in [-0.1, -0.05) is 6.08 Å². The van der Waals surface area contributed by atoms with Crippen molar-refractivity contribution in [1.29, 1.82) is 0 Å². The zero-order valence-corrected chi connectivity index (χ0v) is 20.9. The molecule has 35 heavy (non-hydrogen) atoms. The Morgan fingerprint density at radius 3 is 2.43 bits per heavy atom. The molecule has 2 aliphatic rings. The number of amides is 3. The molecule has 0 atom stereocenters. The van der Waals surface area contributed by atoms with Crippen molar-refractivity contribution >= 4 is 46.5 Å². The fourth-order valence-corrected chi connectivity index (χ4v) is 4.02. The Morgan fingerprint density at radius 2 is 1.80 bits per heavy atom. The van der Waals surface area contributed by atoms with Crippen LogP contribution in [0.2, 0.25) is 0 Å². The van der Waals surface area contributed by atoms with E-state index in [-0.39, 0.29) is 12.0 Å². The number of hydrazone groups is 1. The predicted molar refractivity (Wildman–Crippen MR) is 134 cm³/mol. The van der Waals surface area contributed by atoms with Crippen molar-refractivity contribution in [1.82, 2.24) is 15.3 Å². The van der Waals surface area contributed by atoms with Gasteiger partial charge in [0.15, 0.2) is 0 Å². The number of nitrogens with one attached hydrogen (secondary N) is 3. The summed E-state index contributed by atoms with van der Waals surface area (Å²) in [6.45, 7) is 11.8. The van der Waals surface area contributed by atoms with Crippen LogP contribution in [0.5, 0.6) is 0 Å². The summed E-state index contributed by atoms with van der Waals surface area (Å²) >= 11 is 0. The van der Waals surface area contributed by atoms with Gasteiger partial charge in [0.2, 0.25) is 0 Å². The maximum absolute atomic E-state index is 12.7. The molecule has 1 aromatic carbocycles. The zero-order chi connectivity index (χ0) is 25.5. The van der Waals surface area contributed by atoms with Gasteiger partial charge in [-0.15, -0.1) is 0 Å². The quantitative estimate of drug-likeness (QED) is 0.577. The van der Waals surface area contributed by atoms with Crippen molar-refractivity contribution in [2.45, 2.75) is 59.2 Å². The first-order chi connectivity index (χ1) is 16.3. The van der Waals surface area contributed by atoms with E-state index in [1.807, 2.05) is 26.8 Å². The van der Waals surface area contributed by atoms with Crippen molar-refractivity contribution in [2.75, 3.05) is 18.4 Å². The maximum Gasteiger partial charge on any atom is 0.412 e. The molecule has 10 heteroatoms. The van der Waals surface area contributed by atoms with Crippen LogP contribution >= 0.6 is 0 Å². The van der Waals surface area contributed by atoms with Crippen LogP contribution in [0.1, 0.15) is 69.6 Å². The minimum absolute atomic E-state index is 0.348. The van der Waals surface area contributed by atoms with Gasteiger partial charge in [-0.3, -0.25) is 10.1 Å². The van der Waals surface area contributed by atoms with E-state index < -0.39 is 17.3 Å². The number of aromatic amines is 1. The smallest absolute Gasteiger partial charge is 0.412 e. The molecule has 0 saturated heterocycles. The number of ether oxygens (including phenoxy) is 2. The van der Waals surface area contributed by atoms with Crippen molar-refractivity contribution in [2.24, 2.45) is 5.10 Å². The molecule has 0 saturated carbocycles. The van der Waals surface area contributed by atoms with Gasteiger partial charge in [0.05, 0.1) is 17.5 Å². The highest BCUT2D eigenvalue weighted by Crippen LogP contribution is 2.34. The van der Waals surface area contributed by atoms with Crippen LogP contribution in [0.25, 0.3) is 16.5 Å². The number of anilines is 1. The van der Waals surface area contributed by atoms with Crippen molar-refractivity contribution in [3.8, 4) is 0 Å². The number of carbonyl (C=O) groups is 3. The number of nitrogens with zero attached hydrogens (tertiary/aromatic N) is 2. The molecule has 10 nitrogen and oxygen atoms in total. The van der Waals surface area contributed by atoms with Gasteiger partial charge in [0, 0.05) is 35.2 Å². The first-order valence-electron chi connectivity index (χ1n) is 11.5. The molecule has 1 aromatic heterocycles. The maximum atomic E-state index is 12.7. The second kappa shape index (κ2) is 8.75. The minimum Gasteiger partial charge on any atom is -0.444 e. The third kappa shape index (κ3) is 5.47. The van der Waals surface area contributed by atoms with E-state index in [9.17, 15) is 14.4 Å².